The molecular formula is C56H48N2O2. The van der Waals surface area contributed by atoms with Crippen molar-refractivity contribution in [2.45, 2.75) is 65.7 Å². The molecule has 10 aromatic rings. The molecule has 0 spiro atoms. The largest absolute Gasteiger partial charge is 0.455 e. The smallest absolute Gasteiger partial charge is 0.144 e. The molecule has 0 saturated carbocycles. The fraction of sp³-hybridized carbons (Fsp3) is 0.179. The van der Waals surface area contributed by atoms with Crippen LogP contribution in [0.3, 0.4) is 0 Å². The summed E-state index contributed by atoms with van der Waals surface area (Å²) in [4.78, 5) is 10.3. The first-order chi connectivity index (χ1) is 29.4. The summed E-state index contributed by atoms with van der Waals surface area (Å²) in [6.45, 7) is 11.3. The number of para-hydroxylation sites is 3. The molecule has 0 fully saturated rings. The number of furan rings is 2. The quantitative estimate of drug-likeness (QED) is 0.139. The molecule has 0 saturated heterocycles. The first kappa shape index (κ1) is 37.5. The molecule has 0 aliphatic heterocycles. The van der Waals surface area contributed by atoms with Crippen LogP contribution in [-0.4, -0.2) is 9.97 Å². The number of hydrogen-bond acceptors (Lipinski definition) is 4. The van der Waals surface area contributed by atoms with Crippen molar-refractivity contribution in [3.05, 3.63) is 180 Å². The molecule has 4 heteroatoms. The maximum Gasteiger partial charge on any atom is 0.144 e. The summed E-state index contributed by atoms with van der Waals surface area (Å²) in [6.07, 6.45) is 8.10. The summed E-state index contributed by atoms with van der Waals surface area (Å²) in [7, 11) is 0. The van der Waals surface area contributed by atoms with E-state index in [0.717, 1.165) is 103 Å². The van der Waals surface area contributed by atoms with Gasteiger partial charge < -0.3 is 8.83 Å². The van der Waals surface area contributed by atoms with E-state index in [1.807, 2.05) is 24.5 Å². The van der Waals surface area contributed by atoms with Gasteiger partial charge in [-0.3, -0.25) is 9.97 Å². The Morgan fingerprint density at radius 1 is 0.483 bits per heavy atom. The van der Waals surface area contributed by atoms with Crippen molar-refractivity contribution in [3.63, 3.8) is 0 Å². The Morgan fingerprint density at radius 3 is 1.58 bits per heavy atom. The standard InChI is InChI=1S/C56H48N2O2/c1-6-14-37-23-28-52-48(32-37)45-19-13-21-47(55(45)60-52)50-27-25-39(34-58-50)42-17-11-16-41(53(42)56(7-2,8-3)40-30-35(4)29-36(5)31-40)38-24-26-49(57-33-38)46-20-12-18-44-43-15-9-10-22-51(43)59-54(44)46/h9-13,15-34H,6-8,14H2,1-5H3. The van der Waals surface area contributed by atoms with E-state index in [9.17, 15) is 0 Å². The fourth-order valence-corrected chi connectivity index (χ4v) is 9.82. The van der Waals surface area contributed by atoms with Crippen molar-refractivity contribution >= 4 is 43.9 Å². The molecule has 0 radical (unpaired) electrons. The van der Waals surface area contributed by atoms with E-state index in [1.54, 1.807) is 0 Å². The van der Waals surface area contributed by atoms with Crippen LogP contribution in [0.4, 0.5) is 0 Å². The van der Waals surface area contributed by atoms with Crippen molar-refractivity contribution < 1.29 is 8.83 Å². The average molecular weight is 781 g/mol. The van der Waals surface area contributed by atoms with Crippen molar-refractivity contribution in [2.75, 3.05) is 0 Å². The lowest BCUT2D eigenvalue weighted by Gasteiger charge is -2.37. The van der Waals surface area contributed by atoms with Gasteiger partial charge in [0.25, 0.3) is 0 Å². The fourth-order valence-electron chi connectivity index (χ4n) is 9.82. The first-order valence-corrected chi connectivity index (χ1v) is 21.4. The molecule has 10 rings (SSSR count). The van der Waals surface area contributed by atoms with Gasteiger partial charge in [-0.1, -0.05) is 135 Å². The molecule has 0 atom stereocenters. The van der Waals surface area contributed by atoms with Crippen molar-refractivity contribution in [1.29, 1.82) is 0 Å². The maximum absolute atomic E-state index is 6.53. The maximum atomic E-state index is 6.53. The van der Waals surface area contributed by atoms with Crippen LogP contribution in [0, 0.1) is 13.8 Å². The monoisotopic (exact) mass is 780 g/mol. The zero-order chi connectivity index (χ0) is 41.0. The van der Waals surface area contributed by atoms with Gasteiger partial charge in [-0.2, -0.15) is 0 Å². The molecule has 0 bridgehead atoms. The van der Waals surface area contributed by atoms with Gasteiger partial charge in [0.2, 0.25) is 0 Å². The zero-order valence-electron chi connectivity index (χ0n) is 35.0. The van der Waals surface area contributed by atoms with Crippen LogP contribution in [0.1, 0.15) is 67.9 Å². The third-order valence-electron chi connectivity index (χ3n) is 12.7. The molecule has 0 unspecified atom stereocenters. The summed E-state index contributed by atoms with van der Waals surface area (Å²) >= 11 is 0. The molecule has 60 heavy (non-hydrogen) atoms. The van der Waals surface area contributed by atoms with Crippen LogP contribution in [0.5, 0.6) is 0 Å². The molecule has 4 nitrogen and oxygen atoms in total. The highest BCUT2D eigenvalue weighted by Gasteiger charge is 2.36. The second-order valence-electron chi connectivity index (χ2n) is 16.4. The molecular weight excluding hydrogens is 733 g/mol. The third-order valence-corrected chi connectivity index (χ3v) is 12.7. The normalized spacial score (nSPS) is 12.0. The zero-order valence-corrected chi connectivity index (χ0v) is 35.0. The van der Waals surface area contributed by atoms with Gasteiger partial charge in [0, 0.05) is 61.6 Å². The van der Waals surface area contributed by atoms with Crippen LogP contribution in [-0.2, 0) is 11.8 Å². The second-order valence-corrected chi connectivity index (χ2v) is 16.4. The lowest BCUT2D eigenvalue weighted by molar-refractivity contribution is 0.480. The number of benzene rings is 6. The minimum absolute atomic E-state index is 0.281. The Hall–Kier alpha value is -6.78. The average Bonchev–Trinajstić information content (AvgIpc) is 3.86. The van der Waals surface area contributed by atoms with Gasteiger partial charge >= 0.3 is 0 Å². The number of rotatable bonds is 10. The number of hydrogen-bond donors (Lipinski definition) is 0. The number of aromatic nitrogens is 2. The molecule has 0 aliphatic carbocycles. The highest BCUT2D eigenvalue weighted by molar-refractivity contribution is 6.10. The minimum atomic E-state index is -0.281. The Balaban J connectivity index is 1.11. The van der Waals surface area contributed by atoms with Gasteiger partial charge in [0.05, 0.1) is 11.4 Å². The lowest BCUT2D eigenvalue weighted by Crippen LogP contribution is -2.28. The van der Waals surface area contributed by atoms with Crippen molar-refractivity contribution in [1.82, 2.24) is 9.97 Å². The number of pyridine rings is 2. The summed E-state index contributed by atoms with van der Waals surface area (Å²) in [6, 6.07) is 50.1. The molecule has 0 aliphatic rings. The Morgan fingerprint density at radius 2 is 1.02 bits per heavy atom. The predicted octanol–water partition coefficient (Wildman–Crippen LogP) is 15.6. The summed E-state index contributed by atoms with van der Waals surface area (Å²) in [5, 5.41) is 4.50. The Bertz CT molecular complexity index is 3180. The highest BCUT2D eigenvalue weighted by Crippen LogP contribution is 2.49. The first-order valence-electron chi connectivity index (χ1n) is 21.4. The van der Waals surface area contributed by atoms with E-state index in [2.05, 4.69) is 162 Å². The van der Waals surface area contributed by atoms with Gasteiger partial charge in [0.15, 0.2) is 0 Å². The van der Waals surface area contributed by atoms with Crippen LogP contribution in [0.25, 0.3) is 88.6 Å². The van der Waals surface area contributed by atoms with Gasteiger partial charge in [-0.25, -0.2) is 0 Å². The second kappa shape index (κ2) is 15.1. The molecule has 0 amide bonds. The summed E-state index contributed by atoms with van der Waals surface area (Å²) in [5.41, 5.74) is 18.0. The molecule has 6 aromatic carbocycles. The van der Waals surface area contributed by atoms with E-state index >= 15 is 0 Å². The topological polar surface area (TPSA) is 52.1 Å². The molecule has 4 aromatic heterocycles. The van der Waals surface area contributed by atoms with E-state index < -0.39 is 0 Å². The highest BCUT2D eigenvalue weighted by atomic mass is 16.3. The van der Waals surface area contributed by atoms with Crippen LogP contribution in [0.2, 0.25) is 0 Å². The molecule has 294 valence electrons. The van der Waals surface area contributed by atoms with Gasteiger partial charge in [-0.15, -0.1) is 0 Å². The number of aryl methyl sites for hydroxylation is 3. The third kappa shape index (κ3) is 6.21. The lowest BCUT2D eigenvalue weighted by atomic mass is 9.66. The van der Waals surface area contributed by atoms with E-state index in [-0.39, 0.29) is 5.41 Å². The Labute approximate surface area is 351 Å². The SMILES string of the molecule is CCCc1ccc2oc3c(-c4ccc(-c5cccc(-c6ccc(-c7cccc8c7oc7ccccc78)nc6)c5C(CC)(CC)c5cc(C)cc(C)c5)cn4)cccc3c2c1. The predicted molar refractivity (Wildman–Crippen MR) is 250 cm³/mol. The summed E-state index contributed by atoms with van der Waals surface area (Å²) < 4.78 is 12.9. The van der Waals surface area contributed by atoms with Crippen LogP contribution in [0.15, 0.2) is 161 Å². The Kier molecular flexibility index (Phi) is 9.44. The van der Waals surface area contributed by atoms with Crippen molar-refractivity contribution in [3.8, 4) is 44.8 Å². The van der Waals surface area contributed by atoms with Gasteiger partial charge in [-0.05, 0) is 103 Å². The van der Waals surface area contributed by atoms with E-state index in [0.29, 0.717) is 0 Å². The summed E-state index contributed by atoms with van der Waals surface area (Å²) in [5.74, 6) is 0. The van der Waals surface area contributed by atoms with Crippen LogP contribution < -0.4 is 0 Å². The van der Waals surface area contributed by atoms with E-state index in [4.69, 9.17) is 18.8 Å². The van der Waals surface area contributed by atoms with Gasteiger partial charge in [0.1, 0.15) is 22.3 Å². The minimum Gasteiger partial charge on any atom is -0.455 e. The van der Waals surface area contributed by atoms with Crippen molar-refractivity contribution in [2.24, 2.45) is 0 Å². The molecule has 0 N–H and O–H groups in total. The number of nitrogens with zero attached hydrogens (tertiary/aromatic N) is 2. The number of fused-ring (bicyclic) bond motifs is 6. The van der Waals surface area contributed by atoms with E-state index in [1.165, 1.54) is 38.9 Å². The molecule has 4 heterocycles. The van der Waals surface area contributed by atoms with Crippen LogP contribution >= 0.6 is 0 Å².